The molecule has 4 nitrogen and oxygen atoms in total. The Morgan fingerprint density at radius 3 is 2.75 bits per heavy atom. The largest absolute Gasteiger partial charge is 0.391 e. The van der Waals surface area contributed by atoms with Crippen molar-refractivity contribution < 1.29 is 18.0 Å². The number of nitrogen functional groups attached to an aromatic ring is 1. The summed E-state index contributed by atoms with van der Waals surface area (Å²) in [7, 11) is 0. The normalized spacial score (nSPS) is 13.5. The third-order valence-electron chi connectivity index (χ3n) is 1.67. The van der Waals surface area contributed by atoms with Crippen molar-refractivity contribution in [3.63, 3.8) is 0 Å². The minimum Gasteiger partial charge on any atom is -0.375 e. The fourth-order valence-electron chi connectivity index (χ4n) is 1.09. The van der Waals surface area contributed by atoms with Crippen molar-refractivity contribution in [2.24, 2.45) is 0 Å². The Labute approximate surface area is 93.7 Å². The zero-order valence-electron chi connectivity index (χ0n) is 8.34. The Morgan fingerprint density at radius 1 is 1.69 bits per heavy atom. The molecule has 0 aliphatic heterocycles. The van der Waals surface area contributed by atoms with E-state index in [0.717, 1.165) is 11.3 Å². The summed E-state index contributed by atoms with van der Waals surface area (Å²) in [6, 6.07) is -0.990. The van der Waals surface area contributed by atoms with Crippen LogP contribution in [0.15, 0.2) is 5.38 Å². The van der Waals surface area contributed by atoms with Crippen LogP contribution in [0.4, 0.5) is 18.3 Å². The molecule has 0 bridgehead atoms. The highest BCUT2D eigenvalue weighted by atomic mass is 32.1. The Balaban J connectivity index is 2.52. The molecule has 0 aliphatic rings. The Kier molecular flexibility index (Phi) is 3.74. The number of alkyl halides is 3. The fraction of sp³-hybridized carbons (Fsp3) is 0.500. The minimum absolute atomic E-state index is 0.0384. The molecule has 8 heteroatoms. The summed E-state index contributed by atoms with van der Waals surface area (Å²) in [6.45, 7) is 1.28. The minimum atomic E-state index is -4.30. The highest BCUT2D eigenvalue weighted by molar-refractivity contribution is 7.13. The van der Waals surface area contributed by atoms with Crippen LogP contribution < -0.4 is 11.1 Å². The van der Waals surface area contributed by atoms with Gasteiger partial charge in [-0.25, -0.2) is 4.98 Å². The van der Waals surface area contributed by atoms with Crippen molar-refractivity contribution in [2.45, 2.75) is 25.6 Å². The lowest BCUT2D eigenvalue weighted by Crippen LogP contribution is -2.36. The monoisotopic (exact) mass is 253 g/mol. The second kappa shape index (κ2) is 4.69. The topological polar surface area (TPSA) is 68.0 Å². The quantitative estimate of drug-likeness (QED) is 0.863. The molecular formula is C8H10F3N3OS. The third-order valence-corrected chi connectivity index (χ3v) is 2.34. The van der Waals surface area contributed by atoms with Gasteiger partial charge < -0.3 is 11.1 Å². The number of aromatic nitrogens is 1. The van der Waals surface area contributed by atoms with Crippen LogP contribution >= 0.6 is 11.3 Å². The lowest BCUT2D eigenvalue weighted by Gasteiger charge is -2.14. The summed E-state index contributed by atoms with van der Waals surface area (Å²) in [4.78, 5) is 15.0. The van der Waals surface area contributed by atoms with E-state index in [0.29, 0.717) is 0 Å². The van der Waals surface area contributed by atoms with Crippen LogP contribution in [0.1, 0.15) is 23.8 Å². The molecule has 0 saturated carbocycles. The standard InChI is InChI=1S/C8H10F3N3OS/c1-4(2-8(9,10)11)13-6(15)5-3-16-7(12)14-5/h3-4H,2H2,1H3,(H2,12,14)(H,13,15). The van der Waals surface area contributed by atoms with E-state index >= 15 is 0 Å². The highest BCUT2D eigenvalue weighted by Gasteiger charge is 2.30. The second-order valence-electron chi connectivity index (χ2n) is 3.26. The van der Waals surface area contributed by atoms with E-state index in [1.165, 1.54) is 12.3 Å². The van der Waals surface area contributed by atoms with E-state index in [1.807, 2.05) is 0 Å². The van der Waals surface area contributed by atoms with E-state index < -0.39 is 24.5 Å². The molecule has 0 aliphatic carbocycles. The van der Waals surface area contributed by atoms with Crippen LogP contribution in [0.3, 0.4) is 0 Å². The van der Waals surface area contributed by atoms with Gasteiger partial charge in [0.25, 0.3) is 5.91 Å². The lowest BCUT2D eigenvalue weighted by atomic mass is 10.2. The van der Waals surface area contributed by atoms with Crippen LogP contribution in [0, 0.1) is 0 Å². The van der Waals surface area contributed by atoms with Gasteiger partial charge in [0.2, 0.25) is 0 Å². The first kappa shape index (κ1) is 12.8. The zero-order valence-corrected chi connectivity index (χ0v) is 9.15. The molecule has 1 atom stereocenters. The number of amides is 1. The second-order valence-corrected chi connectivity index (χ2v) is 4.15. The van der Waals surface area contributed by atoms with Gasteiger partial charge in [-0.05, 0) is 6.92 Å². The van der Waals surface area contributed by atoms with Gasteiger partial charge in [-0.1, -0.05) is 0 Å². The molecule has 0 fully saturated rings. The number of nitrogens with one attached hydrogen (secondary N) is 1. The lowest BCUT2D eigenvalue weighted by molar-refractivity contribution is -0.138. The predicted molar refractivity (Wildman–Crippen MR) is 54.1 cm³/mol. The van der Waals surface area contributed by atoms with Gasteiger partial charge in [0.15, 0.2) is 5.13 Å². The first-order chi connectivity index (χ1) is 7.28. The van der Waals surface area contributed by atoms with Crippen molar-refractivity contribution in [1.29, 1.82) is 0 Å². The summed E-state index contributed by atoms with van der Waals surface area (Å²) in [6.07, 6.45) is -5.37. The molecule has 0 spiro atoms. The molecule has 0 radical (unpaired) electrons. The molecule has 1 amide bonds. The average molecular weight is 253 g/mol. The van der Waals surface area contributed by atoms with E-state index in [1.54, 1.807) is 0 Å². The Morgan fingerprint density at radius 2 is 2.31 bits per heavy atom. The molecule has 3 N–H and O–H groups in total. The number of anilines is 1. The van der Waals surface area contributed by atoms with Gasteiger partial charge >= 0.3 is 6.18 Å². The third kappa shape index (κ3) is 4.05. The molecule has 0 aromatic carbocycles. The highest BCUT2D eigenvalue weighted by Crippen LogP contribution is 2.21. The average Bonchev–Trinajstić information content (AvgIpc) is 2.47. The predicted octanol–water partition coefficient (Wildman–Crippen LogP) is 1.80. The van der Waals surface area contributed by atoms with Crippen LogP contribution in [0.2, 0.25) is 0 Å². The van der Waals surface area contributed by atoms with Gasteiger partial charge in [-0.2, -0.15) is 13.2 Å². The van der Waals surface area contributed by atoms with Crippen molar-refractivity contribution in [1.82, 2.24) is 10.3 Å². The van der Waals surface area contributed by atoms with Gasteiger partial charge in [0, 0.05) is 11.4 Å². The smallest absolute Gasteiger partial charge is 0.375 e. The number of nitrogens with zero attached hydrogens (tertiary/aromatic N) is 1. The van der Waals surface area contributed by atoms with Crippen LogP contribution in [0.5, 0.6) is 0 Å². The molecule has 1 aromatic heterocycles. The number of hydrogen-bond acceptors (Lipinski definition) is 4. The summed E-state index contributed by atoms with van der Waals surface area (Å²) in [5.74, 6) is -0.648. The molecule has 1 rings (SSSR count). The fourth-order valence-corrected chi connectivity index (χ4v) is 1.63. The number of carbonyl (C=O) groups excluding carboxylic acids is 1. The Bertz CT molecular complexity index is 377. The van der Waals surface area contributed by atoms with Crippen molar-refractivity contribution in [3.8, 4) is 0 Å². The number of hydrogen-bond donors (Lipinski definition) is 2. The van der Waals surface area contributed by atoms with Gasteiger partial charge in [0.1, 0.15) is 5.69 Å². The van der Waals surface area contributed by atoms with E-state index in [2.05, 4.69) is 10.3 Å². The number of thiazole rings is 1. The van der Waals surface area contributed by atoms with Crippen LogP contribution in [-0.2, 0) is 0 Å². The first-order valence-electron chi connectivity index (χ1n) is 4.36. The van der Waals surface area contributed by atoms with Gasteiger partial charge in [-0.3, -0.25) is 4.79 Å². The number of halogens is 3. The molecule has 1 aromatic rings. The van der Waals surface area contributed by atoms with E-state index in [9.17, 15) is 18.0 Å². The van der Waals surface area contributed by atoms with Crippen LogP contribution in [0.25, 0.3) is 0 Å². The van der Waals surface area contributed by atoms with E-state index in [4.69, 9.17) is 5.73 Å². The maximum atomic E-state index is 12.0. The summed E-state index contributed by atoms with van der Waals surface area (Å²) < 4.78 is 35.9. The molecule has 1 heterocycles. The van der Waals surface area contributed by atoms with Crippen molar-refractivity contribution in [3.05, 3.63) is 11.1 Å². The number of nitrogens with two attached hydrogens (primary N) is 1. The number of rotatable bonds is 3. The number of carbonyl (C=O) groups is 1. The van der Waals surface area contributed by atoms with Gasteiger partial charge in [-0.15, -0.1) is 11.3 Å². The molecule has 0 saturated heterocycles. The summed E-state index contributed by atoms with van der Waals surface area (Å²) in [5.41, 5.74) is 5.33. The van der Waals surface area contributed by atoms with Crippen molar-refractivity contribution in [2.75, 3.05) is 5.73 Å². The van der Waals surface area contributed by atoms with Gasteiger partial charge in [0.05, 0.1) is 6.42 Å². The summed E-state index contributed by atoms with van der Waals surface area (Å²) >= 11 is 1.06. The zero-order chi connectivity index (χ0) is 12.3. The molecule has 90 valence electrons. The molecular weight excluding hydrogens is 243 g/mol. The SMILES string of the molecule is CC(CC(F)(F)F)NC(=O)c1csc(N)n1. The van der Waals surface area contributed by atoms with Crippen LogP contribution in [-0.4, -0.2) is 23.1 Å². The Hall–Kier alpha value is -1.31. The molecule has 1 unspecified atom stereocenters. The molecule has 16 heavy (non-hydrogen) atoms. The maximum Gasteiger partial charge on any atom is 0.391 e. The van der Waals surface area contributed by atoms with E-state index in [-0.39, 0.29) is 10.8 Å². The van der Waals surface area contributed by atoms with Crippen molar-refractivity contribution >= 4 is 22.4 Å². The summed E-state index contributed by atoms with van der Waals surface area (Å²) in [5, 5.41) is 3.79. The maximum absolute atomic E-state index is 12.0. The first-order valence-corrected chi connectivity index (χ1v) is 5.24.